The van der Waals surface area contributed by atoms with E-state index in [9.17, 15) is 14.4 Å². The summed E-state index contributed by atoms with van der Waals surface area (Å²) in [6, 6.07) is 14.6. The molecular weight excluding hydrogens is 308 g/mol. The summed E-state index contributed by atoms with van der Waals surface area (Å²) in [5.41, 5.74) is 6.54. The number of primary amides is 1. The lowest BCUT2D eigenvalue weighted by Gasteiger charge is -2.16. The fraction of sp³-hybridized carbons (Fsp3) is 0.167. The zero-order valence-corrected chi connectivity index (χ0v) is 13.2. The van der Waals surface area contributed by atoms with E-state index in [-0.39, 0.29) is 11.3 Å². The molecule has 3 N–H and O–H groups in total. The van der Waals surface area contributed by atoms with E-state index in [1.54, 1.807) is 18.2 Å². The van der Waals surface area contributed by atoms with E-state index in [4.69, 9.17) is 10.5 Å². The first kappa shape index (κ1) is 17.2. The second-order valence-electron chi connectivity index (χ2n) is 5.24. The standard InChI is InChI=1S/C18H18N2O4/c1-12(21)24-15-9-5-8-14(11-15)18(23)20-16(17(19)22)10-13-6-3-2-4-7-13/h2-9,11,16H,10H2,1H3,(H2,19,22)(H,20,23)/t16-/m1/s1. The molecule has 2 rings (SSSR count). The summed E-state index contributed by atoms with van der Waals surface area (Å²) in [4.78, 5) is 34.9. The predicted molar refractivity (Wildman–Crippen MR) is 88.3 cm³/mol. The molecule has 0 aromatic heterocycles. The second-order valence-corrected chi connectivity index (χ2v) is 5.24. The average Bonchev–Trinajstić information content (AvgIpc) is 2.54. The van der Waals surface area contributed by atoms with E-state index >= 15 is 0 Å². The highest BCUT2D eigenvalue weighted by Crippen LogP contribution is 2.14. The van der Waals surface area contributed by atoms with Crippen molar-refractivity contribution in [3.63, 3.8) is 0 Å². The van der Waals surface area contributed by atoms with Crippen molar-refractivity contribution in [1.29, 1.82) is 0 Å². The molecule has 2 amide bonds. The van der Waals surface area contributed by atoms with E-state index in [2.05, 4.69) is 5.32 Å². The van der Waals surface area contributed by atoms with Gasteiger partial charge in [0, 0.05) is 18.9 Å². The van der Waals surface area contributed by atoms with Gasteiger partial charge in [-0.15, -0.1) is 0 Å². The molecule has 0 saturated heterocycles. The number of ether oxygens (including phenoxy) is 1. The van der Waals surface area contributed by atoms with Crippen LogP contribution in [-0.2, 0) is 16.0 Å². The number of hydrogen-bond acceptors (Lipinski definition) is 4. The van der Waals surface area contributed by atoms with Crippen molar-refractivity contribution in [3.05, 3.63) is 65.7 Å². The molecule has 0 radical (unpaired) electrons. The van der Waals surface area contributed by atoms with Crippen molar-refractivity contribution in [2.24, 2.45) is 5.73 Å². The van der Waals surface area contributed by atoms with E-state index in [1.807, 2.05) is 30.3 Å². The van der Waals surface area contributed by atoms with Crippen LogP contribution in [0.1, 0.15) is 22.8 Å². The monoisotopic (exact) mass is 326 g/mol. The van der Waals surface area contributed by atoms with Crippen LogP contribution < -0.4 is 15.8 Å². The lowest BCUT2D eigenvalue weighted by atomic mass is 10.0. The minimum absolute atomic E-state index is 0.258. The molecule has 0 spiro atoms. The fourth-order valence-corrected chi connectivity index (χ4v) is 2.18. The van der Waals surface area contributed by atoms with Crippen LogP contribution in [0, 0.1) is 0 Å². The molecule has 1 atom stereocenters. The lowest BCUT2D eigenvalue weighted by Crippen LogP contribution is -2.45. The van der Waals surface area contributed by atoms with Gasteiger partial charge in [-0.1, -0.05) is 36.4 Å². The third kappa shape index (κ3) is 4.95. The van der Waals surface area contributed by atoms with Gasteiger partial charge in [0.05, 0.1) is 0 Å². The predicted octanol–water partition coefficient (Wildman–Crippen LogP) is 1.44. The summed E-state index contributed by atoms with van der Waals surface area (Å²) < 4.78 is 4.94. The van der Waals surface area contributed by atoms with Crippen LogP contribution in [-0.4, -0.2) is 23.8 Å². The van der Waals surface area contributed by atoms with Crippen LogP contribution in [0.2, 0.25) is 0 Å². The van der Waals surface area contributed by atoms with Gasteiger partial charge in [0.1, 0.15) is 11.8 Å². The van der Waals surface area contributed by atoms with Crippen LogP contribution >= 0.6 is 0 Å². The van der Waals surface area contributed by atoms with Gasteiger partial charge in [-0.2, -0.15) is 0 Å². The van der Waals surface area contributed by atoms with Crippen molar-refractivity contribution >= 4 is 17.8 Å². The van der Waals surface area contributed by atoms with Gasteiger partial charge in [-0.3, -0.25) is 14.4 Å². The highest BCUT2D eigenvalue weighted by atomic mass is 16.5. The Morgan fingerprint density at radius 2 is 1.79 bits per heavy atom. The molecule has 0 aliphatic rings. The molecule has 0 bridgehead atoms. The quantitative estimate of drug-likeness (QED) is 0.620. The van der Waals surface area contributed by atoms with Crippen LogP contribution in [0.4, 0.5) is 0 Å². The topological polar surface area (TPSA) is 98.5 Å². The van der Waals surface area contributed by atoms with Crippen molar-refractivity contribution in [2.75, 3.05) is 0 Å². The zero-order valence-electron chi connectivity index (χ0n) is 13.2. The van der Waals surface area contributed by atoms with Crippen molar-refractivity contribution in [1.82, 2.24) is 5.32 Å². The number of rotatable bonds is 6. The van der Waals surface area contributed by atoms with E-state index < -0.39 is 23.8 Å². The highest BCUT2D eigenvalue weighted by Gasteiger charge is 2.19. The molecule has 0 heterocycles. The first-order chi connectivity index (χ1) is 11.5. The molecular formula is C18H18N2O4. The molecule has 6 heteroatoms. The first-order valence-corrected chi connectivity index (χ1v) is 7.38. The van der Waals surface area contributed by atoms with Gasteiger partial charge >= 0.3 is 5.97 Å². The third-order valence-electron chi connectivity index (χ3n) is 3.29. The SMILES string of the molecule is CC(=O)Oc1cccc(C(=O)N[C@H](Cc2ccccc2)C(N)=O)c1. The molecule has 0 aliphatic carbocycles. The minimum atomic E-state index is -0.836. The number of nitrogens with one attached hydrogen (secondary N) is 1. The van der Waals surface area contributed by atoms with E-state index in [1.165, 1.54) is 13.0 Å². The Bertz CT molecular complexity index is 744. The largest absolute Gasteiger partial charge is 0.427 e. The number of amides is 2. The Hall–Kier alpha value is -3.15. The van der Waals surface area contributed by atoms with Gasteiger partial charge in [0.15, 0.2) is 0 Å². The molecule has 0 unspecified atom stereocenters. The second kappa shape index (κ2) is 7.92. The summed E-state index contributed by atoms with van der Waals surface area (Å²) in [5.74, 6) is -1.31. The van der Waals surface area contributed by atoms with E-state index in [0.29, 0.717) is 6.42 Å². The van der Waals surface area contributed by atoms with Gasteiger partial charge in [-0.25, -0.2) is 0 Å². The summed E-state index contributed by atoms with van der Waals surface area (Å²) in [6.45, 7) is 1.27. The Morgan fingerprint density at radius 1 is 1.08 bits per heavy atom. The van der Waals surface area contributed by atoms with Gasteiger partial charge in [-0.05, 0) is 23.8 Å². The van der Waals surface area contributed by atoms with Crippen LogP contribution in [0.15, 0.2) is 54.6 Å². The summed E-state index contributed by atoms with van der Waals surface area (Å²) >= 11 is 0. The smallest absolute Gasteiger partial charge is 0.308 e. The lowest BCUT2D eigenvalue weighted by molar-refractivity contribution is -0.131. The molecule has 0 aliphatic heterocycles. The average molecular weight is 326 g/mol. The summed E-state index contributed by atoms with van der Waals surface area (Å²) in [6.07, 6.45) is 0.297. The number of nitrogens with two attached hydrogens (primary N) is 1. The molecule has 0 fully saturated rings. The third-order valence-corrected chi connectivity index (χ3v) is 3.29. The number of carbonyl (C=O) groups excluding carboxylic acids is 3. The molecule has 124 valence electrons. The maximum absolute atomic E-state index is 12.3. The number of benzene rings is 2. The fourth-order valence-electron chi connectivity index (χ4n) is 2.18. The van der Waals surface area contributed by atoms with Crippen molar-refractivity contribution < 1.29 is 19.1 Å². The molecule has 0 saturated carbocycles. The highest BCUT2D eigenvalue weighted by molar-refractivity contribution is 5.97. The summed E-state index contributed by atoms with van der Waals surface area (Å²) in [7, 11) is 0. The molecule has 2 aromatic carbocycles. The Balaban J connectivity index is 2.10. The Kier molecular flexibility index (Phi) is 5.68. The molecule has 2 aromatic rings. The number of hydrogen-bond donors (Lipinski definition) is 2. The van der Waals surface area contributed by atoms with Crippen molar-refractivity contribution in [3.8, 4) is 5.75 Å². The van der Waals surface area contributed by atoms with E-state index in [0.717, 1.165) is 5.56 Å². The van der Waals surface area contributed by atoms with Crippen LogP contribution in [0.5, 0.6) is 5.75 Å². The maximum atomic E-state index is 12.3. The van der Waals surface area contributed by atoms with Gasteiger partial charge in [0.2, 0.25) is 5.91 Å². The number of carbonyl (C=O) groups is 3. The molecule has 6 nitrogen and oxygen atoms in total. The maximum Gasteiger partial charge on any atom is 0.308 e. The normalized spacial score (nSPS) is 11.4. The molecule has 24 heavy (non-hydrogen) atoms. The van der Waals surface area contributed by atoms with Crippen LogP contribution in [0.25, 0.3) is 0 Å². The Labute approximate surface area is 139 Å². The minimum Gasteiger partial charge on any atom is -0.427 e. The van der Waals surface area contributed by atoms with Gasteiger partial charge in [0.25, 0.3) is 5.91 Å². The van der Waals surface area contributed by atoms with Crippen LogP contribution in [0.3, 0.4) is 0 Å². The Morgan fingerprint density at radius 3 is 2.42 bits per heavy atom. The zero-order chi connectivity index (χ0) is 17.5. The number of esters is 1. The van der Waals surface area contributed by atoms with Gasteiger partial charge < -0.3 is 15.8 Å². The first-order valence-electron chi connectivity index (χ1n) is 7.38. The van der Waals surface area contributed by atoms with Crippen molar-refractivity contribution in [2.45, 2.75) is 19.4 Å². The summed E-state index contributed by atoms with van der Waals surface area (Å²) in [5, 5.41) is 2.61.